The van der Waals surface area contributed by atoms with Crippen molar-refractivity contribution in [1.29, 1.82) is 0 Å². The van der Waals surface area contributed by atoms with Crippen molar-refractivity contribution in [1.82, 2.24) is 0 Å². The van der Waals surface area contributed by atoms with Crippen LogP contribution in [-0.4, -0.2) is 13.0 Å². The van der Waals surface area contributed by atoms with E-state index in [2.05, 4.69) is 5.43 Å². The molecule has 0 spiro atoms. The summed E-state index contributed by atoms with van der Waals surface area (Å²) in [5.41, 5.74) is 4.85. The average Bonchev–Trinajstić information content (AvgIpc) is 2.47. The minimum Gasteiger partial charge on any atom is -0.324 e. The van der Waals surface area contributed by atoms with Gasteiger partial charge in [0.25, 0.3) is 5.91 Å². The second-order valence-electron chi connectivity index (χ2n) is 3.92. The van der Waals surface area contributed by atoms with Gasteiger partial charge in [0.1, 0.15) is 0 Å². The Labute approximate surface area is 106 Å². The zero-order valence-electron chi connectivity index (χ0n) is 10.1. The number of hydrogen-bond acceptors (Lipinski definition) is 3. The molecule has 0 fully saturated rings. The number of anilines is 2. The summed E-state index contributed by atoms with van der Waals surface area (Å²) >= 11 is 0. The van der Waals surface area contributed by atoms with Crippen molar-refractivity contribution < 1.29 is 4.79 Å². The number of nitrogen functional groups attached to an aromatic ring is 1. The van der Waals surface area contributed by atoms with Crippen LogP contribution in [0.4, 0.5) is 11.4 Å². The summed E-state index contributed by atoms with van der Waals surface area (Å²) in [6.45, 7) is 0. The van der Waals surface area contributed by atoms with Gasteiger partial charge < -0.3 is 10.3 Å². The monoisotopic (exact) mass is 241 g/mol. The molecule has 0 bridgehead atoms. The summed E-state index contributed by atoms with van der Waals surface area (Å²) < 4.78 is 0. The average molecular weight is 241 g/mol. The topological polar surface area (TPSA) is 58.4 Å². The van der Waals surface area contributed by atoms with Crippen molar-refractivity contribution in [2.75, 3.05) is 17.4 Å². The largest absolute Gasteiger partial charge is 0.324 e. The lowest BCUT2D eigenvalue weighted by atomic mass is 10.2. The Balaban J connectivity index is 2.20. The molecule has 0 aliphatic heterocycles. The van der Waals surface area contributed by atoms with Crippen molar-refractivity contribution in [3.05, 3.63) is 60.2 Å². The lowest BCUT2D eigenvalue weighted by Gasteiger charge is -2.17. The van der Waals surface area contributed by atoms with E-state index in [9.17, 15) is 4.79 Å². The number of hydrogen-bond donors (Lipinski definition) is 2. The maximum absolute atomic E-state index is 12.2. The Morgan fingerprint density at radius 2 is 1.67 bits per heavy atom. The second-order valence-corrected chi connectivity index (χ2v) is 3.92. The van der Waals surface area contributed by atoms with Crippen LogP contribution >= 0.6 is 0 Å². The first-order valence-corrected chi connectivity index (χ1v) is 5.62. The van der Waals surface area contributed by atoms with Gasteiger partial charge in [0.15, 0.2) is 0 Å². The summed E-state index contributed by atoms with van der Waals surface area (Å²) in [5, 5.41) is 0. The van der Waals surface area contributed by atoms with Crippen LogP contribution in [0.15, 0.2) is 54.6 Å². The van der Waals surface area contributed by atoms with Crippen LogP contribution in [0.1, 0.15) is 10.4 Å². The molecule has 0 saturated heterocycles. The Morgan fingerprint density at radius 3 is 2.22 bits per heavy atom. The minimum atomic E-state index is -0.0379. The first-order chi connectivity index (χ1) is 8.72. The fourth-order valence-electron chi connectivity index (χ4n) is 1.67. The normalized spacial score (nSPS) is 9.89. The van der Waals surface area contributed by atoms with E-state index in [1.807, 2.05) is 42.5 Å². The minimum absolute atomic E-state index is 0.0379. The number of nitrogens with zero attached hydrogens (tertiary/aromatic N) is 1. The smallest absolute Gasteiger partial charge is 0.258 e. The van der Waals surface area contributed by atoms with E-state index < -0.39 is 0 Å². The highest BCUT2D eigenvalue weighted by Gasteiger charge is 2.12. The van der Waals surface area contributed by atoms with Crippen LogP contribution in [0, 0.1) is 0 Å². The van der Waals surface area contributed by atoms with Gasteiger partial charge in [-0.15, -0.1) is 0 Å². The first kappa shape index (κ1) is 12.1. The molecule has 4 heteroatoms. The van der Waals surface area contributed by atoms with Gasteiger partial charge in [-0.05, 0) is 36.4 Å². The van der Waals surface area contributed by atoms with Gasteiger partial charge in [-0.3, -0.25) is 10.6 Å². The van der Waals surface area contributed by atoms with E-state index in [1.165, 1.54) is 0 Å². The molecule has 0 aliphatic carbocycles. The van der Waals surface area contributed by atoms with E-state index >= 15 is 0 Å². The summed E-state index contributed by atoms with van der Waals surface area (Å²) in [6.07, 6.45) is 0. The number of rotatable bonds is 3. The standard InChI is InChI=1S/C14H15N3O/c1-17(13-9-7-12(16-15)8-10-13)14(18)11-5-3-2-4-6-11/h2-10,16H,15H2,1H3. The molecule has 0 aromatic heterocycles. The van der Waals surface area contributed by atoms with Crippen LogP contribution in [0.3, 0.4) is 0 Å². The molecule has 3 N–H and O–H groups in total. The van der Waals surface area contributed by atoms with Gasteiger partial charge in [0.2, 0.25) is 0 Å². The lowest BCUT2D eigenvalue weighted by molar-refractivity contribution is 0.0993. The van der Waals surface area contributed by atoms with Crippen LogP contribution in [-0.2, 0) is 0 Å². The van der Waals surface area contributed by atoms with Gasteiger partial charge in [-0.1, -0.05) is 18.2 Å². The molecule has 18 heavy (non-hydrogen) atoms. The molecule has 0 radical (unpaired) electrons. The number of carbonyl (C=O) groups excluding carboxylic acids is 1. The number of hydrazine groups is 1. The number of nitrogens with two attached hydrogens (primary N) is 1. The predicted molar refractivity (Wildman–Crippen MR) is 73.4 cm³/mol. The highest BCUT2D eigenvalue weighted by molar-refractivity contribution is 6.05. The SMILES string of the molecule is CN(C(=O)c1ccccc1)c1ccc(NN)cc1. The van der Waals surface area contributed by atoms with Crippen molar-refractivity contribution in [2.24, 2.45) is 5.84 Å². The Kier molecular flexibility index (Phi) is 3.60. The fourth-order valence-corrected chi connectivity index (χ4v) is 1.67. The van der Waals surface area contributed by atoms with Gasteiger partial charge in [0, 0.05) is 24.0 Å². The van der Waals surface area contributed by atoms with Gasteiger partial charge in [-0.25, -0.2) is 0 Å². The van der Waals surface area contributed by atoms with Gasteiger partial charge >= 0.3 is 0 Å². The maximum Gasteiger partial charge on any atom is 0.258 e. The highest BCUT2D eigenvalue weighted by Crippen LogP contribution is 2.18. The summed E-state index contributed by atoms with van der Waals surface area (Å²) in [5.74, 6) is 5.26. The van der Waals surface area contributed by atoms with Crippen molar-refractivity contribution in [3.63, 3.8) is 0 Å². The summed E-state index contributed by atoms with van der Waals surface area (Å²) in [4.78, 5) is 13.8. The molecule has 0 atom stereocenters. The van der Waals surface area contributed by atoms with Crippen molar-refractivity contribution >= 4 is 17.3 Å². The molecule has 0 heterocycles. The zero-order chi connectivity index (χ0) is 13.0. The molecule has 1 amide bonds. The first-order valence-electron chi connectivity index (χ1n) is 5.62. The third-order valence-corrected chi connectivity index (χ3v) is 2.75. The second kappa shape index (κ2) is 5.33. The molecule has 0 aliphatic rings. The molecule has 0 saturated carbocycles. The van der Waals surface area contributed by atoms with E-state index in [1.54, 1.807) is 24.1 Å². The van der Waals surface area contributed by atoms with Crippen LogP contribution < -0.4 is 16.2 Å². The Morgan fingerprint density at radius 1 is 1.06 bits per heavy atom. The van der Waals surface area contributed by atoms with Gasteiger partial charge in [0.05, 0.1) is 0 Å². The van der Waals surface area contributed by atoms with E-state index in [0.29, 0.717) is 5.56 Å². The van der Waals surface area contributed by atoms with Crippen LogP contribution in [0.2, 0.25) is 0 Å². The molecule has 0 unspecified atom stereocenters. The third-order valence-electron chi connectivity index (χ3n) is 2.75. The van der Waals surface area contributed by atoms with Crippen molar-refractivity contribution in [3.8, 4) is 0 Å². The third kappa shape index (κ3) is 2.49. The number of carbonyl (C=O) groups is 1. The summed E-state index contributed by atoms with van der Waals surface area (Å²) in [7, 11) is 1.75. The highest BCUT2D eigenvalue weighted by atomic mass is 16.2. The van der Waals surface area contributed by atoms with Crippen LogP contribution in [0.5, 0.6) is 0 Å². The lowest BCUT2D eigenvalue weighted by Crippen LogP contribution is -2.26. The van der Waals surface area contributed by atoms with Crippen LogP contribution in [0.25, 0.3) is 0 Å². The molecule has 4 nitrogen and oxygen atoms in total. The molecule has 2 rings (SSSR count). The fraction of sp³-hybridized carbons (Fsp3) is 0.0714. The zero-order valence-corrected chi connectivity index (χ0v) is 10.1. The molecular weight excluding hydrogens is 226 g/mol. The molecule has 92 valence electrons. The van der Waals surface area contributed by atoms with E-state index in [4.69, 9.17) is 5.84 Å². The van der Waals surface area contributed by atoms with Crippen molar-refractivity contribution in [2.45, 2.75) is 0 Å². The number of benzene rings is 2. The van der Waals surface area contributed by atoms with E-state index in [-0.39, 0.29) is 5.91 Å². The van der Waals surface area contributed by atoms with E-state index in [0.717, 1.165) is 11.4 Å². The Bertz CT molecular complexity index is 522. The molecular formula is C14H15N3O. The summed E-state index contributed by atoms with van der Waals surface area (Å²) in [6, 6.07) is 16.5. The molecule has 2 aromatic carbocycles. The Hall–Kier alpha value is -2.33. The predicted octanol–water partition coefficient (Wildman–Crippen LogP) is 2.25. The quantitative estimate of drug-likeness (QED) is 0.640. The number of amides is 1. The van der Waals surface area contributed by atoms with Gasteiger partial charge in [-0.2, -0.15) is 0 Å². The maximum atomic E-state index is 12.2. The molecule has 2 aromatic rings. The number of nitrogens with one attached hydrogen (secondary N) is 1.